The molecule has 0 aromatic heterocycles. The summed E-state index contributed by atoms with van der Waals surface area (Å²) in [6.45, 7) is 4.90. The second-order valence-corrected chi connectivity index (χ2v) is 12.1. The van der Waals surface area contributed by atoms with Gasteiger partial charge in [0.1, 0.15) is 0 Å². The predicted octanol–water partition coefficient (Wildman–Crippen LogP) is 7.67. The van der Waals surface area contributed by atoms with Crippen molar-refractivity contribution in [2.24, 2.45) is 0 Å². The van der Waals surface area contributed by atoms with Crippen molar-refractivity contribution in [2.45, 2.75) is 121 Å². The Morgan fingerprint density at radius 2 is 0.704 bits per heavy atom. The Morgan fingerprint density at radius 1 is 0.481 bits per heavy atom. The Balaban J connectivity index is 0.000000199. The van der Waals surface area contributed by atoms with Crippen LogP contribution < -0.4 is 5.32 Å². The molecule has 0 aromatic rings. The molecule has 0 atom stereocenters. The number of hydrogen-bond acceptors (Lipinski definition) is 1. The van der Waals surface area contributed by atoms with Crippen LogP contribution in [-0.2, 0) is 0 Å². The SMILES string of the molecule is CC1(NC2(C)CCCCC2)CCCCC1.ClC1C(Cl)C(Cl)C(Cl)C(Cl)C1Cl. The summed E-state index contributed by atoms with van der Waals surface area (Å²) in [4.78, 5) is 0. The van der Waals surface area contributed by atoms with Crippen LogP contribution >= 0.6 is 69.6 Å². The first kappa shape index (κ1) is 25.0. The summed E-state index contributed by atoms with van der Waals surface area (Å²) in [6.07, 6.45) is 14.2. The van der Waals surface area contributed by atoms with Crippen LogP contribution in [0.15, 0.2) is 0 Å². The van der Waals surface area contributed by atoms with Gasteiger partial charge in [-0.2, -0.15) is 0 Å². The molecule has 27 heavy (non-hydrogen) atoms. The fraction of sp³-hybridized carbons (Fsp3) is 1.00. The lowest BCUT2D eigenvalue weighted by atomic mass is 9.77. The summed E-state index contributed by atoms with van der Waals surface area (Å²) in [7, 11) is 0. The standard InChI is InChI=1S/C14H27N.C6H6Cl6/c1-13(9-5-3-6-10-13)15-14(2)11-7-4-8-12-14;7-1-2(8)4(10)6(12)5(11)3(1)9/h15H,3-12H2,1-2H3;1-6H. The van der Waals surface area contributed by atoms with Crippen LogP contribution in [0.4, 0.5) is 0 Å². The smallest absolute Gasteiger partial charge is 0.0693 e. The molecule has 3 fully saturated rings. The van der Waals surface area contributed by atoms with Crippen molar-refractivity contribution in [2.75, 3.05) is 0 Å². The van der Waals surface area contributed by atoms with Crippen molar-refractivity contribution in [1.82, 2.24) is 5.32 Å². The van der Waals surface area contributed by atoms with E-state index in [4.69, 9.17) is 69.6 Å². The Labute approximate surface area is 195 Å². The Bertz CT molecular complexity index is 369. The molecule has 1 nitrogen and oxygen atoms in total. The van der Waals surface area contributed by atoms with Crippen LogP contribution in [0, 0.1) is 0 Å². The van der Waals surface area contributed by atoms with Gasteiger partial charge in [-0.1, -0.05) is 38.5 Å². The second kappa shape index (κ2) is 10.8. The van der Waals surface area contributed by atoms with Gasteiger partial charge in [0.25, 0.3) is 0 Å². The quantitative estimate of drug-likeness (QED) is 0.384. The molecule has 0 aromatic carbocycles. The molecule has 3 aliphatic rings. The van der Waals surface area contributed by atoms with E-state index in [0.717, 1.165) is 0 Å². The van der Waals surface area contributed by atoms with Gasteiger partial charge in [-0.05, 0) is 39.5 Å². The Kier molecular flexibility index (Phi) is 10.0. The minimum atomic E-state index is -0.437. The van der Waals surface area contributed by atoms with Crippen molar-refractivity contribution in [1.29, 1.82) is 0 Å². The van der Waals surface area contributed by atoms with Crippen LogP contribution in [0.3, 0.4) is 0 Å². The van der Waals surface area contributed by atoms with Gasteiger partial charge in [0.05, 0.1) is 32.3 Å². The molecule has 0 spiro atoms. The van der Waals surface area contributed by atoms with Gasteiger partial charge in [-0.3, -0.25) is 0 Å². The normalized spacial score (nSPS) is 41.3. The zero-order valence-electron chi connectivity index (χ0n) is 16.3. The molecular formula is C20H33Cl6N. The largest absolute Gasteiger partial charge is 0.306 e. The molecule has 7 heteroatoms. The van der Waals surface area contributed by atoms with E-state index in [0.29, 0.717) is 11.1 Å². The minimum absolute atomic E-state index is 0.437. The summed E-state index contributed by atoms with van der Waals surface area (Å²) in [6, 6.07) is 0. The molecule has 0 amide bonds. The van der Waals surface area contributed by atoms with Crippen LogP contribution in [-0.4, -0.2) is 43.3 Å². The first-order chi connectivity index (χ1) is 12.6. The maximum absolute atomic E-state index is 5.88. The van der Waals surface area contributed by atoms with Gasteiger partial charge in [-0.25, -0.2) is 0 Å². The summed E-state index contributed by atoms with van der Waals surface area (Å²) in [5, 5.41) is 1.39. The van der Waals surface area contributed by atoms with Gasteiger partial charge in [0, 0.05) is 11.1 Å². The maximum atomic E-state index is 5.88. The van der Waals surface area contributed by atoms with E-state index in [-0.39, 0.29) is 0 Å². The second-order valence-electron chi connectivity index (χ2n) is 9.03. The summed E-state index contributed by atoms with van der Waals surface area (Å²) in [5.41, 5.74) is 0.898. The van der Waals surface area contributed by atoms with Crippen molar-refractivity contribution >= 4 is 69.6 Å². The highest BCUT2D eigenvalue weighted by Crippen LogP contribution is 2.40. The first-order valence-corrected chi connectivity index (χ1v) is 12.8. The number of rotatable bonds is 2. The summed E-state index contributed by atoms with van der Waals surface area (Å²) >= 11 is 35.3. The van der Waals surface area contributed by atoms with Crippen molar-refractivity contribution < 1.29 is 0 Å². The fourth-order valence-corrected chi connectivity index (χ4v) is 7.02. The number of alkyl halides is 6. The highest BCUT2D eigenvalue weighted by atomic mass is 35.5. The molecule has 0 aliphatic heterocycles. The fourth-order valence-electron chi connectivity index (χ4n) is 4.70. The lowest BCUT2D eigenvalue weighted by molar-refractivity contribution is 0.145. The molecule has 160 valence electrons. The molecule has 3 saturated carbocycles. The summed E-state index contributed by atoms with van der Waals surface area (Å²) < 4.78 is 0. The highest BCUT2D eigenvalue weighted by molar-refractivity contribution is 6.45. The minimum Gasteiger partial charge on any atom is -0.306 e. The lowest BCUT2D eigenvalue weighted by Crippen LogP contribution is -2.56. The average Bonchev–Trinajstić information content (AvgIpc) is 2.64. The molecule has 3 rings (SSSR count). The third-order valence-corrected chi connectivity index (χ3v) is 10.4. The molecule has 0 bridgehead atoms. The molecule has 3 aliphatic carbocycles. The maximum Gasteiger partial charge on any atom is 0.0693 e. The molecular weight excluding hydrogens is 467 g/mol. The number of nitrogens with one attached hydrogen (secondary N) is 1. The van der Waals surface area contributed by atoms with Crippen molar-refractivity contribution in [3.8, 4) is 0 Å². The van der Waals surface area contributed by atoms with Crippen molar-refractivity contribution in [3.63, 3.8) is 0 Å². The van der Waals surface area contributed by atoms with Gasteiger partial charge in [0.2, 0.25) is 0 Å². The van der Waals surface area contributed by atoms with E-state index >= 15 is 0 Å². The third-order valence-electron chi connectivity index (χ3n) is 6.34. The lowest BCUT2D eigenvalue weighted by Gasteiger charge is -2.45. The average molecular weight is 500 g/mol. The van der Waals surface area contributed by atoms with Gasteiger partial charge in [0.15, 0.2) is 0 Å². The molecule has 0 saturated heterocycles. The van der Waals surface area contributed by atoms with Crippen LogP contribution in [0.5, 0.6) is 0 Å². The van der Waals surface area contributed by atoms with E-state index < -0.39 is 32.3 Å². The number of halogens is 6. The zero-order chi connectivity index (χ0) is 20.2. The Morgan fingerprint density at radius 3 is 0.926 bits per heavy atom. The van der Waals surface area contributed by atoms with Gasteiger partial charge >= 0.3 is 0 Å². The molecule has 0 heterocycles. The zero-order valence-corrected chi connectivity index (χ0v) is 20.8. The van der Waals surface area contributed by atoms with Gasteiger partial charge < -0.3 is 5.32 Å². The van der Waals surface area contributed by atoms with Crippen LogP contribution in [0.2, 0.25) is 0 Å². The first-order valence-electron chi connectivity index (χ1n) is 10.2. The molecule has 1 N–H and O–H groups in total. The van der Waals surface area contributed by atoms with Crippen LogP contribution in [0.25, 0.3) is 0 Å². The van der Waals surface area contributed by atoms with Gasteiger partial charge in [-0.15, -0.1) is 69.6 Å². The van der Waals surface area contributed by atoms with Crippen molar-refractivity contribution in [3.05, 3.63) is 0 Å². The third kappa shape index (κ3) is 6.84. The molecule has 0 unspecified atom stereocenters. The van der Waals surface area contributed by atoms with E-state index in [1.807, 2.05) is 0 Å². The number of hydrogen-bond donors (Lipinski definition) is 1. The Hall–Kier alpha value is 1.70. The highest BCUT2D eigenvalue weighted by Gasteiger charge is 2.47. The van der Waals surface area contributed by atoms with E-state index in [2.05, 4.69) is 19.2 Å². The topological polar surface area (TPSA) is 12.0 Å². The van der Waals surface area contributed by atoms with E-state index in [1.165, 1.54) is 64.2 Å². The van der Waals surface area contributed by atoms with Crippen LogP contribution in [0.1, 0.15) is 78.1 Å². The van der Waals surface area contributed by atoms with E-state index in [9.17, 15) is 0 Å². The predicted molar refractivity (Wildman–Crippen MR) is 124 cm³/mol. The monoisotopic (exact) mass is 497 g/mol. The molecule has 0 radical (unpaired) electrons. The summed E-state index contributed by atoms with van der Waals surface area (Å²) in [5.74, 6) is 0. The van der Waals surface area contributed by atoms with E-state index in [1.54, 1.807) is 0 Å².